The minimum Gasteiger partial charge on any atom is -0.493 e. The summed E-state index contributed by atoms with van der Waals surface area (Å²) < 4.78 is 10.6. The molecular formula is C27H27ClN2O4. The average molecular weight is 479 g/mol. The molecule has 0 aliphatic heterocycles. The molecule has 0 aliphatic carbocycles. The molecule has 1 atom stereocenters. The Morgan fingerprint density at radius 2 is 1.68 bits per heavy atom. The second kappa shape index (κ2) is 11.9. The Morgan fingerprint density at radius 1 is 1.00 bits per heavy atom. The van der Waals surface area contributed by atoms with Crippen LogP contribution < -0.4 is 14.8 Å². The number of carbonyl (C=O) groups is 2. The van der Waals surface area contributed by atoms with Crippen LogP contribution in [0.15, 0.2) is 85.5 Å². The van der Waals surface area contributed by atoms with Crippen molar-refractivity contribution in [3.8, 4) is 11.5 Å². The van der Waals surface area contributed by atoms with Crippen molar-refractivity contribution < 1.29 is 19.1 Å². The summed E-state index contributed by atoms with van der Waals surface area (Å²) >= 11 is 6.08. The van der Waals surface area contributed by atoms with Crippen molar-refractivity contribution in [2.75, 3.05) is 20.8 Å². The predicted octanol–water partition coefficient (Wildman–Crippen LogP) is 5.04. The van der Waals surface area contributed by atoms with Gasteiger partial charge in [-0.05, 0) is 41.5 Å². The SMILES string of the molecule is C=CCN(C(=O)c1ccc(OC)c(OC)c1)C(C(=O)NCc1ccccc1)c1ccc(Cl)cc1. The molecule has 0 saturated heterocycles. The highest BCUT2D eigenvalue weighted by Gasteiger charge is 2.31. The van der Waals surface area contributed by atoms with Crippen molar-refractivity contribution in [3.63, 3.8) is 0 Å². The van der Waals surface area contributed by atoms with Crippen LogP contribution in [0.4, 0.5) is 0 Å². The lowest BCUT2D eigenvalue weighted by Crippen LogP contribution is -2.43. The van der Waals surface area contributed by atoms with Crippen LogP contribution in [0, 0.1) is 0 Å². The third-order valence-corrected chi connectivity index (χ3v) is 5.52. The molecule has 0 aromatic heterocycles. The van der Waals surface area contributed by atoms with Gasteiger partial charge in [-0.3, -0.25) is 9.59 Å². The summed E-state index contributed by atoms with van der Waals surface area (Å²) in [7, 11) is 3.03. The highest BCUT2D eigenvalue weighted by atomic mass is 35.5. The topological polar surface area (TPSA) is 67.9 Å². The highest BCUT2D eigenvalue weighted by molar-refractivity contribution is 6.30. The van der Waals surface area contributed by atoms with Crippen LogP contribution in [0.3, 0.4) is 0 Å². The lowest BCUT2D eigenvalue weighted by molar-refractivity contribution is -0.126. The van der Waals surface area contributed by atoms with Gasteiger partial charge in [0.1, 0.15) is 6.04 Å². The van der Waals surface area contributed by atoms with Gasteiger partial charge in [-0.25, -0.2) is 0 Å². The second-order valence-corrected chi connectivity index (χ2v) is 7.91. The number of rotatable bonds is 10. The molecule has 3 rings (SSSR count). The number of nitrogens with zero attached hydrogens (tertiary/aromatic N) is 1. The summed E-state index contributed by atoms with van der Waals surface area (Å²) in [5.74, 6) is 0.255. The van der Waals surface area contributed by atoms with E-state index in [1.165, 1.54) is 19.1 Å². The van der Waals surface area contributed by atoms with Crippen molar-refractivity contribution in [2.45, 2.75) is 12.6 Å². The number of halogens is 1. The molecule has 3 aromatic rings. The minimum absolute atomic E-state index is 0.152. The molecule has 1 unspecified atom stereocenters. The van der Waals surface area contributed by atoms with Crippen LogP contribution in [0.1, 0.15) is 27.5 Å². The van der Waals surface area contributed by atoms with Crippen LogP contribution in [0.5, 0.6) is 11.5 Å². The van der Waals surface area contributed by atoms with Crippen molar-refractivity contribution in [2.24, 2.45) is 0 Å². The Morgan fingerprint density at radius 3 is 2.29 bits per heavy atom. The maximum atomic E-state index is 13.6. The molecule has 0 radical (unpaired) electrons. The van der Waals surface area contributed by atoms with Crippen molar-refractivity contribution in [1.29, 1.82) is 0 Å². The molecule has 6 nitrogen and oxygen atoms in total. The third kappa shape index (κ3) is 5.97. The predicted molar refractivity (Wildman–Crippen MR) is 133 cm³/mol. The van der Waals surface area contributed by atoms with Crippen molar-refractivity contribution >= 4 is 23.4 Å². The Hall–Kier alpha value is -3.77. The number of nitrogens with one attached hydrogen (secondary N) is 1. The smallest absolute Gasteiger partial charge is 0.255 e. The van der Waals surface area contributed by atoms with E-state index in [2.05, 4.69) is 11.9 Å². The minimum atomic E-state index is -0.903. The normalized spacial score (nSPS) is 11.3. The Bertz CT molecular complexity index is 1130. The highest BCUT2D eigenvalue weighted by Crippen LogP contribution is 2.30. The largest absolute Gasteiger partial charge is 0.493 e. The first-order valence-corrected chi connectivity index (χ1v) is 11.1. The fraction of sp³-hybridized carbons (Fsp3) is 0.185. The first-order valence-electron chi connectivity index (χ1n) is 10.7. The van der Waals surface area contributed by atoms with E-state index in [0.717, 1.165) is 5.56 Å². The molecule has 0 heterocycles. The lowest BCUT2D eigenvalue weighted by atomic mass is 10.0. The molecule has 0 aliphatic rings. The molecule has 0 bridgehead atoms. The summed E-state index contributed by atoms with van der Waals surface area (Å²) in [6.07, 6.45) is 1.59. The molecule has 0 saturated carbocycles. The van der Waals surface area contributed by atoms with Gasteiger partial charge in [0.2, 0.25) is 5.91 Å². The zero-order valence-corrected chi connectivity index (χ0v) is 19.9. The van der Waals surface area contributed by atoms with Gasteiger partial charge in [-0.1, -0.05) is 60.1 Å². The van der Waals surface area contributed by atoms with E-state index in [0.29, 0.717) is 34.2 Å². The molecule has 3 aromatic carbocycles. The molecule has 0 fully saturated rings. The van der Waals surface area contributed by atoms with Crippen LogP contribution in [-0.4, -0.2) is 37.5 Å². The molecule has 34 heavy (non-hydrogen) atoms. The van der Waals surface area contributed by atoms with Crippen LogP contribution >= 0.6 is 11.6 Å². The number of benzene rings is 3. The Labute approximate surface area is 204 Å². The van der Waals surface area contributed by atoms with E-state index in [1.807, 2.05) is 30.3 Å². The van der Waals surface area contributed by atoms with Crippen molar-refractivity contribution in [3.05, 3.63) is 107 Å². The standard InChI is InChI=1S/C27H27ClN2O4/c1-4-16-30(27(32)21-12-15-23(33-2)24(17-21)34-3)25(20-10-13-22(28)14-11-20)26(31)29-18-19-8-6-5-7-9-19/h4-15,17,25H,1,16,18H2,2-3H3,(H,29,31). The molecule has 0 spiro atoms. The maximum absolute atomic E-state index is 13.6. The maximum Gasteiger partial charge on any atom is 0.255 e. The summed E-state index contributed by atoms with van der Waals surface area (Å²) in [5, 5.41) is 3.49. The van der Waals surface area contributed by atoms with Gasteiger partial charge < -0.3 is 19.7 Å². The average Bonchev–Trinajstić information content (AvgIpc) is 2.88. The number of amides is 2. The molecule has 176 valence electrons. The number of ether oxygens (including phenoxy) is 2. The van der Waals surface area contributed by atoms with Crippen LogP contribution in [0.25, 0.3) is 0 Å². The number of hydrogen-bond donors (Lipinski definition) is 1. The van der Waals surface area contributed by atoms with E-state index in [1.54, 1.807) is 48.5 Å². The zero-order chi connectivity index (χ0) is 24.5. The summed E-state index contributed by atoms with van der Waals surface area (Å²) in [4.78, 5) is 28.6. The van der Waals surface area contributed by atoms with Gasteiger partial charge in [0, 0.05) is 23.7 Å². The number of methoxy groups -OCH3 is 2. The van der Waals surface area contributed by atoms with Crippen LogP contribution in [-0.2, 0) is 11.3 Å². The fourth-order valence-corrected chi connectivity index (χ4v) is 3.71. The second-order valence-electron chi connectivity index (χ2n) is 7.47. The van der Waals surface area contributed by atoms with Gasteiger partial charge in [0.05, 0.1) is 14.2 Å². The van der Waals surface area contributed by atoms with Gasteiger partial charge in [-0.2, -0.15) is 0 Å². The van der Waals surface area contributed by atoms with Gasteiger partial charge in [0.15, 0.2) is 11.5 Å². The van der Waals surface area contributed by atoms with Gasteiger partial charge in [0.25, 0.3) is 5.91 Å². The van der Waals surface area contributed by atoms with E-state index in [9.17, 15) is 9.59 Å². The van der Waals surface area contributed by atoms with E-state index >= 15 is 0 Å². The summed E-state index contributed by atoms with van der Waals surface area (Å²) in [5.41, 5.74) is 1.94. The first kappa shape index (κ1) is 24.9. The third-order valence-electron chi connectivity index (χ3n) is 5.27. The quantitative estimate of drug-likeness (QED) is 0.414. The van der Waals surface area contributed by atoms with Gasteiger partial charge in [-0.15, -0.1) is 6.58 Å². The lowest BCUT2D eigenvalue weighted by Gasteiger charge is -2.31. The number of hydrogen-bond acceptors (Lipinski definition) is 4. The zero-order valence-electron chi connectivity index (χ0n) is 19.2. The van der Waals surface area contributed by atoms with Crippen LogP contribution in [0.2, 0.25) is 5.02 Å². The summed E-state index contributed by atoms with van der Waals surface area (Å²) in [6, 6.07) is 20.4. The van der Waals surface area contributed by atoms with E-state index < -0.39 is 6.04 Å². The van der Waals surface area contributed by atoms with Gasteiger partial charge >= 0.3 is 0 Å². The fourth-order valence-electron chi connectivity index (χ4n) is 3.58. The molecule has 2 amide bonds. The van der Waals surface area contributed by atoms with E-state index in [4.69, 9.17) is 21.1 Å². The molecule has 1 N–H and O–H groups in total. The monoisotopic (exact) mass is 478 g/mol. The Balaban J connectivity index is 1.98. The van der Waals surface area contributed by atoms with E-state index in [-0.39, 0.29) is 18.4 Å². The summed E-state index contributed by atoms with van der Waals surface area (Å²) in [6.45, 7) is 4.27. The number of carbonyl (C=O) groups excluding carboxylic acids is 2. The first-order chi connectivity index (χ1) is 16.5. The molecule has 7 heteroatoms. The van der Waals surface area contributed by atoms with Crippen molar-refractivity contribution in [1.82, 2.24) is 10.2 Å². The molecular weight excluding hydrogens is 452 g/mol. The Kier molecular flexibility index (Phi) is 8.71.